The van der Waals surface area contributed by atoms with E-state index in [2.05, 4.69) is 24.1 Å². The number of likely N-dealkylation sites (tertiary alicyclic amines) is 1. The molecule has 2 unspecified atom stereocenters. The van der Waals surface area contributed by atoms with Crippen molar-refractivity contribution in [1.29, 1.82) is 0 Å². The first-order chi connectivity index (χ1) is 7.65. The molecule has 0 radical (unpaired) electrons. The van der Waals surface area contributed by atoms with Crippen molar-refractivity contribution in [2.24, 2.45) is 0 Å². The molecular formula is C13H26N2O. The van der Waals surface area contributed by atoms with Crippen LogP contribution in [0.3, 0.4) is 0 Å². The maximum atomic E-state index is 10.4. The fourth-order valence-corrected chi connectivity index (χ4v) is 3.05. The maximum absolute atomic E-state index is 10.4. The Bertz CT molecular complexity index is 228. The molecule has 2 aliphatic heterocycles. The molecule has 2 heterocycles. The molecule has 0 saturated carbocycles. The fraction of sp³-hybridized carbons (Fsp3) is 1.00. The predicted octanol–water partition coefficient (Wildman–Crippen LogP) is 1.36. The summed E-state index contributed by atoms with van der Waals surface area (Å²) in [7, 11) is 0. The van der Waals surface area contributed by atoms with Gasteiger partial charge in [0.05, 0.1) is 5.60 Å². The van der Waals surface area contributed by atoms with E-state index in [0.717, 1.165) is 38.5 Å². The second-order valence-corrected chi connectivity index (χ2v) is 5.59. The third-order valence-electron chi connectivity index (χ3n) is 4.44. The average molecular weight is 226 g/mol. The van der Waals surface area contributed by atoms with E-state index in [-0.39, 0.29) is 0 Å². The fourth-order valence-electron chi connectivity index (χ4n) is 3.05. The number of β-amino-alcohol motifs (C(OH)–C–C–N with tert-alkyl or cyclic N) is 1. The van der Waals surface area contributed by atoms with Crippen molar-refractivity contribution in [2.45, 2.75) is 63.6 Å². The highest BCUT2D eigenvalue weighted by molar-refractivity contribution is 4.91. The quantitative estimate of drug-likeness (QED) is 0.760. The van der Waals surface area contributed by atoms with Crippen molar-refractivity contribution >= 4 is 0 Å². The number of hydrogen-bond acceptors (Lipinski definition) is 3. The van der Waals surface area contributed by atoms with Gasteiger partial charge in [0, 0.05) is 25.2 Å². The largest absolute Gasteiger partial charge is 0.389 e. The number of fused-ring (bicyclic) bond motifs is 2. The standard InChI is InChI=1S/C13H26N2O/c1-3-13(16,4-2)10-15-8-7-11-5-6-12(9-15)14-11/h11-12,14,16H,3-10H2,1-2H3. The highest BCUT2D eigenvalue weighted by atomic mass is 16.3. The molecule has 0 aromatic carbocycles. The third-order valence-corrected chi connectivity index (χ3v) is 4.44. The molecule has 2 saturated heterocycles. The molecule has 2 atom stereocenters. The second-order valence-electron chi connectivity index (χ2n) is 5.59. The maximum Gasteiger partial charge on any atom is 0.0768 e. The van der Waals surface area contributed by atoms with Crippen LogP contribution >= 0.6 is 0 Å². The van der Waals surface area contributed by atoms with Gasteiger partial charge in [0.15, 0.2) is 0 Å². The second kappa shape index (κ2) is 5.03. The molecule has 3 nitrogen and oxygen atoms in total. The highest BCUT2D eigenvalue weighted by Crippen LogP contribution is 2.23. The molecule has 3 heteroatoms. The Balaban J connectivity index is 1.90. The van der Waals surface area contributed by atoms with Crippen LogP contribution in [0.25, 0.3) is 0 Å². The first-order valence-corrected chi connectivity index (χ1v) is 6.86. The van der Waals surface area contributed by atoms with Crippen molar-refractivity contribution in [3.8, 4) is 0 Å². The molecule has 2 fully saturated rings. The van der Waals surface area contributed by atoms with Crippen LogP contribution in [0.15, 0.2) is 0 Å². The van der Waals surface area contributed by atoms with E-state index >= 15 is 0 Å². The van der Waals surface area contributed by atoms with Gasteiger partial charge >= 0.3 is 0 Å². The number of aliphatic hydroxyl groups is 1. The van der Waals surface area contributed by atoms with E-state index in [1.54, 1.807) is 0 Å². The Hall–Kier alpha value is -0.120. The lowest BCUT2D eigenvalue weighted by Gasteiger charge is -2.33. The zero-order chi connectivity index (χ0) is 11.6. The van der Waals surface area contributed by atoms with E-state index in [0.29, 0.717) is 6.04 Å². The summed E-state index contributed by atoms with van der Waals surface area (Å²) in [5.41, 5.74) is -0.469. The summed E-state index contributed by atoms with van der Waals surface area (Å²) in [6.07, 6.45) is 5.64. The van der Waals surface area contributed by atoms with Crippen LogP contribution in [0, 0.1) is 0 Å². The van der Waals surface area contributed by atoms with Crippen molar-refractivity contribution in [3.05, 3.63) is 0 Å². The summed E-state index contributed by atoms with van der Waals surface area (Å²) in [6.45, 7) is 7.30. The van der Waals surface area contributed by atoms with Gasteiger partial charge in [0.2, 0.25) is 0 Å². The van der Waals surface area contributed by atoms with Crippen molar-refractivity contribution in [2.75, 3.05) is 19.6 Å². The van der Waals surface area contributed by atoms with Gasteiger partial charge in [0.1, 0.15) is 0 Å². The Morgan fingerprint density at radius 3 is 2.56 bits per heavy atom. The Kier molecular flexibility index (Phi) is 3.88. The third kappa shape index (κ3) is 2.76. The van der Waals surface area contributed by atoms with E-state index in [1.807, 2.05) is 0 Å². The van der Waals surface area contributed by atoms with Crippen LogP contribution in [0.5, 0.6) is 0 Å². The van der Waals surface area contributed by atoms with Crippen LogP contribution in [0.2, 0.25) is 0 Å². The van der Waals surface area contributed by atoms with Gasteiger partial charge in [-0.05, 0) is 38.6 Å². The molecule has 0 amide bonds. The van der Waals surface area contributed by atoms with Crippen molar-refractivity contribution < 1.29 is 5.11 Å². The van der Waals surface area contributed by atoms with Crippen LogP contribution in [-0.2, 0) is 0 Å². The van der Waals surface area contributed by atoms with Gasteiger partial charge in [-0.25, -0.2) is 0 Å². The zero-order valence-corrected chi connectivity index (χ0v) is 10.7. The number of nitrogens with zero attached hydrogens (tertiary/aromatic N) is 1. The van der Waals surface area contributed by atoms with Gasteiger partial charge in [-0.2, -0.15) is 0 Å². The molecular weight excluding hydrogens is 200 g/mol. The lowest BCUT2D eigenvalue weighted by atomic mass is 9.96. The lowest BCUT2D eigenvalue weighted by Crippen LogP contribution is -2.45. The van der Waals surface area contributed by atoms with Gasteiger partial charge < -0.3 is 10.4 Å². The van der Waals surface area contributed by atoms with Gasteiger partial charge in [-0.15, -0.1) is 0 Å². The number of hydrogen-bond donors (Lipinski definition) is 2. The molecule has 0 aromatic heterocycles. The highest BCUT2D eigenvalue weighted by Gasteiger charge is 2.32. The average Bonchev–Trinajstić information content (AvgIpc) is 2.62. The van der Waals surface area contributed by atoms with E-state index in [1.165, 1.54) is 19.3 Å². The zero-order valence-electron chi connectivity index (χ0n) is 10.7. The summed E-state index contributed by atoms with van der Waals surface area (Å²) in [6, 6.07) is 1.41. The molecule has 0 aliphatic carbocycles. The minimum absolute atomic E-state index is 0.469. The smallest absolute Gasteiger partial charge is 0.0768 e. The van der Waals surface area contributed by atoms with Crippen molar-refractivity contribution in [3.63, 3.8) is 0 Å². The summed E-state index contributed by atoms with van der Waals surface area (Å²) < 4.78 is 0. The van der Waals surface area contributed by atoms with Gasteiger partial charge in [-0.3, -0.25) is 4.90 Å². The van der Waals surface area contributed by atoms with Gasteiger partial charge in [0.25, 0.3) is 0 Å². The van der Waals surface area contributed by atoms with E-state index in [4.69, 9.17) is 0 Å². The van der Waals surface area contributed by atoms with Gasteiger partial charge in [-0.1, -0.05) is 13.8 Å². The molecule has 16 heavy (non-hydrogen) atoms. The Labute approximate surface area is 99.2 Å². The monoisotopic (exact) mass is 226 g/mol. The van der Waals surface area contributed by atoms with Crippen LogP contribution in [0.1, 0.15) is 46.0 Å². The number of nitrogens with one attached hydrogen (secondary N) is 1. The first kappa shape index (κ1) is 12.3. The topological polar surface area (TPSA) is 35.5 Å². The minimum Gasteiger partial charge on any atom is -0.389 e. The van der Waals surface area contributed by atoms with Crippen molar-refractivity contribution in [1.82, 2.24) is 10.2 Å². The van der Waals surface area contributed by atoms with Crippen LogP contribution in [0.4, 0.5) is 0 Å². The predicted molar refractivity (Wildman–Crippen MR) is 66.5 cm³/mol. The van der Waals surface area contributed by atoms with E-state index in [9.17, 15) is 5.11 Å². The van der Waals surface area contributed by atoms with Crippen LogP contribution < -0.4 is 5.32 Å². The van der Waals surface area contributed by atoms with Crippen LogP contribution in [-0.4, -0.2) is 47.3 Å². The van der Waals surface area contributed by atoms with E-state index < -0.39 is 5.60 Å². The lowest BCUT2D eigenvalue weighted by molar-refractivity contribution is -0.00428. The Morgan fingerprint density at radius 1 is 1.19 bits per heavy atom. The SMILES string of the molecule is CCC(O)(CC)CN1CCC2CCC(C1)N2. The molecule has 0 spiro atoms. The Morgan fingerprint density at radius 2 is 1.88 bits per heavy atom. The summed E-state index contributed by atoms with van der Waals surface area (Å²) in [5.74, 6) is 0. The molecule has 0 aromatic rings. The molecule has 2 N–H and O–H groups in total. The normalized spacial score (nSPS) is 31.7. The molecule has 2 rings (SSSR count). The summed E-state index contributed by atoms with van der Waals surface area (Å²) in [5, 5.41) is 14.1. The molecule has 2 aliphatic rings. The molecule has 2 bridgehead atoms. The first-order valence-electron chi connectivity index (χ1n) is 6.86. The summed E-state index contributed by atoms with van der Waals surface area (Å²) >= 11 is 0. The number of rotatable bonds is 4. The minimum atomic E-state index is -0.469. The summed E-state index contributed by atoms with van der Waals surface area (Å²) in [4.78, 5) is 2.46. The molecule has 94 valence electrons.